The molecule has 0 aromatic carbocycles. The summed E-state index contributed by atoms with van der Waals surface area (Å²) >= 11 is 0. The smallest absolute Gasteiger partial charge is 0.0933 e. The molecule has 0 bridgehead atoms. The Morgan fingerprint density at radius 3 is 2.00 bits per heavy atom. The normalized spacial score (nSPS) is 28.1. The summed E-state index contributed by atoms with van der Waals surface area (Å²) in [5, 5.41) is 10.6. The highest BCUT2D eigenvalue weighted by atomic mass is 16.5. The third-order valence-electron chi connectivity index (χ3n) is 5.06. The number of methoxy groups -OCH3 is 1. The minimum Gasteiger partial charge on any atom is -0.390 e. The highest BCUT2D eigenvalue weighted by molar-refractivity contribution is 4.91. The van der Waals surface area contributed by atoms with E-state index in [1.807, 2.05) is 0 Å². The van der Waals surface area contributed by atoms with E-state index in [0.717, 1.165) is 18.8 Å². The van der Waals surface area contributed by atoms with E-state index in [4.69, 9.17) is 4.74 Å². The third-order valence-corrected chi connectivity index (χ3v) is 5.06. The Labute approximate surface area is 107 Å². The van der Waals surface area contributed by atoms with Gasteiger partial charge < -0.3 is 9.84 Å². The molecule has 102 valence electrons. The maximum atomic E-state index is 10.6. The first-order chi connectivity index (χ1) is 8.13. The van der Waals surface area contributed by atoms with E-state index in [1.54, 1.807) is 7.11 Å². The highest BCUT2D eigenvalue weighted by Crippen LogP contribution is 2.38. The SMILES string of the molecule is CCC1CCC(C(O)C(CC)(CC)OC)CC1. The van der Waals surface area contributed by atoms with Crippen molar-refractivity contribution in [3.05, 3.63) is 0 Å². The average molecular weight is 242 g/mol. The molecule has 0 radical (unpaired) electrons. The predicted octanol–water partition coefficient (Wildman–Crippen LogP) is 3.77. The fourth-order valence-electron chi connectivity index (χ4n) is 3.42. The molecular formula is C15H30O2. The van der Waals surface area contributed by atoms with E-state index >= 15 is 0 Å². The second-order valence-electron chi connectivity index (χ2n) is 5.61. The minimum atomic E-state index is -0.316. The predicted molar refractivity (Wildman–Crippen MR) is 72.1 cm³/mol. The molecule has 1 aliphatic rings. The lowest BCUT2D eigenvalue weighted by atomic mass is 9.73. The summed E-state index contributed by atoms with van der Waals surface area (Å²) in [5.74, 6) is 1.33. The molecule has 1 unspecified atom stereocenters. The summed E-state index contributed by atoms with van der Waals surface area (Å²) in [5.41, 5.74) is -0.316. The molecular weight excluding hydrogens is 212 g/mol. The molecule has 17 heavy (non-hydrogen) atoms. The van der Waals surface area contributed by atoms with E-state index < -0.39 is 0 Å². The van der Waals surface area contributed by atoms with Gasteiger partial charge in [-0.2, -0.15) is 0 Å². The molecule has 2 nitrogen and oxygen atoms in total. The van der Waals surface area contributed by atoms with Crippen LogP contribution in [-0.4, -0.2) is 23.9 Å². The van der Waals surface area contributed by atoms with Crippen LogP contribution in [0.5, 0.6) is 0 Å². The quantitative estimate of drug-likeness (QED) is 0.768. The van der Waals surface area contributed by atoms with Crippen molar-refractivity contribution in [1.29, 1.82) is 0 Å². The van der Waals surface area contributed by atoms with Gasteiger partial charge in [-0.15, -0.1) is 0 Å². The summed E-state index contributed by atoms with van der Waals surface area (Å²) < 4.78 is 5.65. The lowest BCUT2D eigenvalue weighted by Crippen LogP contribution is -2.48. The summed E-state index contributed by atoms with van der Waals surface area (Å²) in [6.07, 6.45) is 7.70. The Morgan fingerprint density at radius 1 is 1.12 bits per heavy atom. The van der Waals surface area contributed by atoms with Gasteiger partial charge in [0, 0.05) is 7.11 Å². The summed E-state index contributed by atoms with van der Waals surface area (Å²) in [7, 11) is 1.74. The van der Waals surface area contributed by atoms with Gasteiger partial charge in [0.15, 0.2) is 0 Å². The maximum absolute atomic E-state index is 10.6. The number of hydrogen-bond acceptors (Lipinski definition) is 2. The van der Waals surface area contributed by atoms with E-state index in [2.05, 4.69) is 20.8 Å². The van der Waals surface area contributed by atoms with E-state index in [-0.39, 0.29) is 11.7 Å². The monoisotopic (exact) mass is 242 g/mol. The molecule has 1 N–H and O–H groups in total. The molecule has 0 aromatic rings. The minimum absolute atomic E-state index is 0.291. The molecule has 1 saturated carbocycles. The molecule has 0 aliphatic heterocycles. The molecule has 2 heteroatoms. The Morgan fingerprint density at radius 2 is 1.65 bits per heavy atom. The van der Waals surface area contributed by atoms with Crippen molar-refractivity contribution in [2.75, 3.05) is 7.11 Å². The van der Waals surface area contributed by atoms with Gasteiger partial charge in [-0.3, -0.25) is 0 Å². The third kappa shape index (κ3) is 3.23. The van der Waals surface area contributed by atoms with Crippen LogP contribution in [-0.2, 0) is 4.74 Å². The molecule has 0 spiro atoms. The van der Waals surface area contributed by atoms with E-state index in [0.29, 0.717) is 5.92 Å². The zero-order chi connectivity index (χ0) is 12.9. The zero-order valence-electron chi connectivity index (χ0n) is 12.0. The molecule has 0 aromatic heterocycles. The largest absolute Gasteiger partial charge is 0.390 e. The van der Waals surface area contributed by atoms with Crippen molar-refractivity contribution >= 4 is 0 Å². The molecule has 1 atom stereocenters. The topological polar surface area (TPSA) is 29.5 Å². The van der Waals surface area contributed by atoms with Crippen LogP contribution in [0.15, 0.2) is 0 Å². The first-order valence-electron chi connectivity index (χ1n) is 7.36. The Bertz CT molecular complexity index is 195. The van der Waals surface area contributed by atoms with Gasteiger partial charge in [-0.25, -0.2) is 0 Å². The van der Waals surface area contributed by atoms with Crippen LogP contribution in [0.1, 0.15) is 65.7 Å². The van der Waals surface area contributed by atoms with Crippen LogP contribution >= 0.6 is 0 Å². The van der Waals surface area contributed by atoms with Gasteiger partial charge in [-0.1, -0.05) is 40.0 Å². The van der Waals surface area contributed by atoms with Crippen molar-refractivity contribution in [3.8, 4) is 0 Å². The molecule has 1 rings (SSSR count). The standard InChI is InChI=1S/C15H30O2/c1-5-12-8-10-13(11-9-12)14(16)15(6-2,7-3)17-4/h12-14,16H,5-11H2,1-4H3. The zero-order valence-corrected chi connectivity index (χ0v) is 12.0. The average Bonchev–Trinajstić information content (AvgIpc) is 2.41. The van der Waals surface area contributed by atoms with Crippen LogP contribution in [0, 0.1) is 11.8 Å². The molecule has 0 heterocycles. The summed E-state index contributed by atoms with van der Waals surface area (Å²) in [6, 6.07) is 0. The first kappa shape index (κ1) is 15.0. The van der Waals surface area contributed by atoms with Gasteiger partial charge in [0.2, 0.25) is 0 Å². The lowest BCUT2D eigenvalue weighted by molar-refractivity contribution is -0.134. The molecule has 1 aliphatic carbocycles. The first-order valence-corrected chi connectivity index (χ1v) is 7.36. The van der Waals surface area contributed by atoms with Crippen molar-refractivity contribution in [2.24, 2.45) is 11.8 Å². The molecule has 0 saturated heterocycles. The Balaban J connectivity index is 2.60. The summed E-state index contributed by atoms with van der Waals surface area (Å²) in [4.78, 5) is 0. The van der Waals surface area contributed by atoms with Crippen LogP contribution in [0.4, 0.5) is 0 Å². The Kier molecular flexibility index (Phi) is 5.94. The van der Waals surface area contributed by atoms with Crippen LogP contribution in [0.25, 0.3) is 0 Å². The van der Waals surface area contributed by atoms with Gasteiger partial charge in [0.1, 0.15) is 0 Å². The summed E-state index contributed by atoms with van der Waals surface area (Å²) in [6.45, 7) is 6.51. The van der Waals surface area contributed by atoms with Gasteiger partial charge in [0.25, 0.3) is 0 Å². The molecule has 0 amide bonds. The van der Waals surface area contributed by atoms with Crippen LogP contribution < -0.4 is 0 Å². The van der Waals surface area contributed by atoms with Crippen LogP contribution in [0.2, 0.25) is 0 Å². The van der Waals surface area contributed by atoms with E-state index in [9.17, 15) is 5.11 Å². The highest BCUT2D eigenvalue weighted by Gasteiger charge is 2.40. The fourth-order valence-corrected chi connectivity index (χ4v) is 3.42. The number of aliphatic hydroxyl groups is 1. The van der Waals surface area contributed by atoms with Crippen molar-refractivity contribution < 1.29 is 9.84 Å². The molecule has 1 fully saturated rings. The fraction of sp³-hybridized carbons (Fsp3) is 1.00. The van der Waals surface area contributed by atoms with Gasteiger partial charge in [-0.05, 0) is 37.5 Å². The van der Waals surface area contributed by atoms with Crippen molar-refractivity contribution in [2.45, 2.75) is 77.4 Å². The maximum Gasteiger partial charge on any atom is 0.0933 e. The second-order valence-corrected chi connectivity index (χ2v) is 5.61. The van der Waals surface area contributed by atoms with Crippen molar-refractivity contribution in [3.63, 3.8) is 0 Å². The number of hydrogen-bond donors (Lipinski definition) is 1. The van der Waals surface area contributed by atoms with Gasteiger partial charge >= 0.3 is 0 Å². The van der Waals surface area contributed by atoms with Gasteiger partial charge in [0.05, 0.1) is 11.7 Å². The van der Waals surface area contributed by atoms with Crippen molar-refractivity contribution in [1.82, 2.24) is 0 Å². The lowest BCUT2D eigenvalue weighted by Gasteiger charge is -2.41. The van der Waals surface area contributed by atoms with Crippen LogP contribution in [0.3, 0.4) is 0 Å². The number of ether oxygens (including phenoxy) is 1. The number of aliphatic hydroxyl groups excluding tert-OH is 1. The number of rotatable bonds is 6. The second kappa shape index (κ2) is 6.75. The van der Waals surface area contributed by atoms with E-state index in [1.165, 1.54) is 32.1 Å². The Hall–Kier alpha value is -0.0800.